The van der Waals surface area contributed by atoms with Crippen molar-refractivity contribution >= 4 is 40.8 Å². The summed E-state index contributed by atoms with van der Waals surface area (Å²) >= 11 is 0. The van der Waals surface area contributed by atoms with Crippen LogP contribution in [0.3, 0.4) is 0 Å². The topological polar surface area (TPSA) is 70.0 Å². The van der Waals surface area contributed by atoms with E-state index in [1.54, 1.807) is 19.6 Å². The van der Waals surface area contributed by atoms with Gasteiger partial charge >= 0.3 is 0 Å². The first-order valence-corrected chi connectivity index (χ1v) is 7.92. The van der Waals surface area contributed by atoms with Crippen LogP contribution in [0.25, 0.3) is 10.9 Å². The van der Waals surface area contributed by atoms with Crippen LogP contribution in [0.5, 0.6) is 0 Å². The number of aliphatic imine (C=N–C) groups is 1. The van der Waals surface area contributed by atoms with Crippen molar-refractivity contribution in [2.75, 3.05) is 20.1 Å². The molecule has 0 unspecified atom stereocenters. The maximum Gasteiger partial charge on any atom is 0.191 e. The van der Waals surface area contributed by atoms with E-state index < -0.39 is 0 Å². The van der Waals surface area contributed by atoms with E-state index in [1.807, 2.05) is 23.0 Å². The molecule has 6 nitrogen and oxygen atoms in total. The van der Waals surface area contributed by atoms with Crippen LogP contribution in [0.1, 0.15) is 5.56 Å². The smallest absolute Gasteiger partial charge is 0.191 e. The van der Waals surface area contributed by atoms with Gasteiger partial charge in [-0.15, -0.1) is 24.0 Å². The van der Waals surface area contributed by atoms with Gasteiger partial charge in [0.05, 0.1) is 6.33 Å². The van der Waals surface area contributed by atoms with Crippen LogP contribution < -0.4 is 10.6 Å². The number of nitrogens with one attached hydrogen (secondary N) is 3. The molecule has 2 aromatic heterocycles. The SMILES string of the molecule is CN=C(NCCc1c[nH]c2cc(F)ccc12)NCCn1ccnc1.I. The fourth-order valence-corrected chi connectivity index (χ4v) is 2.62. The number of fused-ring (bicyclic) bond motifs is 1. The molecule has 0 aliphatic rings. The normalized spacial score (nSPS) is 11.4. The third-order valence-corrected chi connectivity index (χ3v) is 3.86. The Labute approximate surface area is 163 Å². The molecule has 0 bridgehead atoms. The number of aromatic amines is 1. The minimum Gasteiger partial charge on any atom is -0.361 e. The Hall–Kier alpha value is -2.10. The molecule has 134 valence electrons. The number of imidazole rings is 1. The van der Waals surface area contributed by atoms with Crippen LogP contribution in [0.4, 0.5) is 4.39 Å². The van der Waals surface area contributed by atoms with Crippen molar-refractivity contribution in [2.45, 2.75) is 13.0 Å². The molecule has 1 aromatic carbocycles. The van der Waals surface area contributed by atoms with Crippen molar-refractivity contribution in [1.29, 1.82) is 0 Å². The zero-order chi connectivity index (χ0) is 16.8. The Balaban J connectivity index is 0.00000225. The average Bonchev–Trinajstić information content (AvgIpc) is 3.23. The third kappa shape index (κ3) is 5.18. The van der Waals surface area contributed by atoms with Crippen LogP contribution in [0.15, 0.2) is 48.1 Å². The summed E-state index contributed by atoms with van der Waals surface area (Å²) in [6, 6.07) is 4.82. The summed E-state index contributed by atoms with van der Waals surface area (Å²) in [6.45, 7) is 2.34. The predicted octanol–water partition coefficient (Wildman–Crippen LogP) is 2.53. The number of rotatable bonds is 6. The molecule has 3 aromatic rings. The minimum absolute atomic E-state index is 0. The maximum atomic E-state index is 13.2. The number of nitrogens with zero attached hydrogens (tertiary/aromatic N) is 3. The first-order valence-electron chi connectivity index (χ1n) is 7.92. The van der Waals surface area contributed by atoms with Gasteiger partial charge in [-0.25, -0.2) is 9.37 Å². The van der Waals surface area contributed by atoms with E-state index in [-0.39, 0.29) is 29.8 Å². The van der Waals surface area contributed by atoms with Crippen molar-refractivity contribution in [3.8, 4) is 0 Å². The molecule has 3 N–H and O–H groups in total. The zero-order valence-electron chi connectivity index (χ0n) is 14.0. The van der Waals surface area contributed by atoms with Gasteiger partial charge in [-0.1, -0.05) is 0 Å². The number of H-pyrrole nitrogens is 1. The summed E-state index contributed by atoms with van der Waals surface area (Å²) in [7, 11) is 1.75. The number of benzene rings is 1. The lowest BCUT2D eigenvalue weighted by Gasteiger charge is -2.12. The standard InChI is InChI=1S/C17H21FN6.HI/c1-19-17(22-7-9-24-8-6-20-12-24)21-5-4-13-11-23-16-10-14(18)2-3-15(13)16;/h2-3,6,8,10-12,23H,4-5,7,9H2,1H3,(H2,19,21,22);1H. The molecular weight excluding hydrogens is 434 g/mol. The molecule has 0 saturated heterocycles. The lowest BCUT2D eigenvalue weighted by molar-refractivity contribution is 0.629. The molecule has 3 rings (SSSR count). The van der Waals surface area contributed by atoms with E-state index in [2.05, 4.69) is 25.6 Å². The number of aromatic nitrogens is 3. The number of guanidine groups is 1. The summed E-state index contributed by atoms with van der Waals surface area (Å²) in [5.41, 5.74) is 1.99. The molecule has 25 heavy (non-hydrogen) atoms. The van der Waals surface area contributed by atoms with Gasteiger partial charge in [-0.3, -0.25) is 4.99 Å². The maximum absolute atomic E-state index is 13.2. The molecule has 0 aliphatic carbocycles. The fourth-order valence-electron chi connectivity index (χ4n) is 2.62. The van der Waals surface area contributed by atoms with Gasteiger partial charge in [0.25, 0.3) is 0 Å². The minimum atomic E-state index is -0.225. The van der Waals surface area contributed by atoms with Gasteiger partial charge in [-0.2, -0.15) is 0 Å². The highest BCUT2D eigenvalue weighted by Crippen LogP contribution is 2.19. The monoisotopic (exact) mass is 456 g/mol. The van der Waals surface area contributed by atoms with Crippen molar-refractivity contribution in [3.05, 3.63) is 54.5 Å². The highest BCUT2D eigenvalue weighted by atomic mass is 127. The molecule has 0 radical (unpaired) electrons. The van der Waals surface area contributed by atoms with Gasteiger partial charge in [0, 0.05) is 56.2 Å². The Bertz CT molecular complexity index is 812. The number of hydrogen-bond donors (Lipinski definition) is 3. The highest BCUT2D eigenvalue weighted by molar-refractivity contribution is 14.0. The van der Waals surface area contributed by atoms with Crippen molar-refractivity contribution < 1.29 is 4.39 Å². The third-order valence-electron chi connectivity index (χ3n) is 3.86. The summed E-state index contributed by atoms with van der Waals surface area (Å²) in [4.78, 5) is 11.3. The lowest BCUT2D eigenvalue weighted by atomic mass is 10.1. The summed E-state index contributed by atoms with van der Waals surface area (Å²) < 4.78 is 15.2. The summed E-state index contributed by atoms with van der Waals surface area (Å²) in [5, 5.41) is 7.61. The predicted molar refractivity (Wildman–Crippen MR) is 109 cm³/mol. The van der Waals surface area contributed by atoms with Crippen LogP contribution in [0, 0.1) is 5.82 Å². The molecule has 0 atom stereocenters. The van der Waals surface area contributed by atoms with Gasteiger partial charge in [0.15, 0.2) is 5.96 Å². The Morgan fingerprint density at radius 3 is 2.92 bits per heavy atom. The zero-order valence-corrected chi connectivity index (χ0v) is 16.3. The second kappa shape index (κ2) is 9.40. The van der Waals surface area contributed by atoms with E-state index in [0.29, 0.717) is 0 Å². The Morgan fingerprint density at radius 1 is 1.32 bits per heavy atom. The van der Waals surface area contributed by atoms with Crippen LogP contribution in [-0.2, 0) is 13.0 Å². The molecular formula is C17H22FIN6. The summed E-state index contributed by atoms with van der Waals surface area (Å²) in [5.74, 6) is 0.539. The second-order valence-electron chi connectivity index (χ2n) is 5.48. The van der Waals surface area contributed by atoms with E-state index >= 15 is 0 Å². The van der Waals surface area contributed by atoms with E-state index in [0.717, 1.165) is 48.5 Å². The fraction of sp³-hybridized carbons (Fsp3) is 0.294. The molecule has 0 aliphatic heterocycles. The van der Waals surface area contributed by atoms with E-state index in [1.165, 1.54) is 12.1 Å². The molecule has 8 heteroatoms. The molecule has 2 heterocycles. The van der Waals surface area contributed by atoms with Crippen molar-refractivity contribution in [1.82, 2.24) is 25.2 Å². The van der Waals surface area contributed by atoms with Gasteiger partial charge in [-0.05, 0) is 30.2 Å². The first-order chi connectivity index (χ1) is 11.8. The number of hydrogen-bond acceptors (Lipinski definition) is 2. The first kappa shape index (κ1) is 19.2. The van der Waals surface area contributed by atoms with Gasteiger partial charge < -0.3 is 20.2 Å². The highest BCUT2D eigenvalue weighted by Gasteiger charge is 2.05. The van der Waals surface area contributed by atoms with E-state index in [4.69, 9.17) is 0 Å². The Kier molecular flexibility index (Phi) is 7.23. The van der Waals surface area contributed by atoms with Gasteiger partial charge in [0.2, 0.25) is 0 Å². The Morgan fingerprint density at radius 2 is 2.16 bits per heavy atom. The average molecular weight is 456 g/mol. The molecule has 0 fully saturated rings. The van der Waals surface area contributed by atoms with Crippen LogP contribution in [-0.4, -0.2) is 40.6 Å². The second-order valence-corrected chi connectivity index (χ2v) is 5.48. The molecule has 0 spiro atoms. The quantitative estimate of drug-likeness (QED) is 0.304. The van der Waals surface area contributed by atoms with Crippen LogP contribution >= 0.6 is 24.0 Å². The van der Waals surface area contributed by atoms with Crippen LogP contribution in [0.2, 0.25) is 0 Å². The van der Waals surface area contributed by atoms with Crippen molar-refractivity contribution in [2.24, 2.45) is 4.99 Å². The number of halogens is 2. The molecule has 0 amide bonds. The summed E-state index contributed by atoms with van der Waals surface area (Å²) in [6.07, 6.45) is 8.24. The largest absolute Gasteiger partial charge is 0.361 e. The van der Waals surface area contributed by atoms with E-state index in [9.17, 15) is 4.39 Å². The van der Waals surface area contributed by atoms with Gasteiger partial charge in [0.1, 0.15) is 5.82 Å². The molecule has 0 saturated carbocycles. The van der Waals surface area contributed by atoms with Crippen molar-refractivity contribution in [3.63, 3.8) is 0 Å². The lowest BCUT2D eigenvalue weighted by Crippen LogP contribution is -2.39.